The highest BCUT2D eigenvalue weighted by Crippen LogP contribution is 2.45. The lowest BCUT2D eigenvalue weighted by molar-refractivity contribution is 0.828. The topological polar surface area (TPSA) is 49.4 Å². The predicted octanol–water partition coefficient (Wildman–Crippen LogP) is 21.9. The third-order valence-electron chi connectivity index (χ3n) is 18.0. The monoisotopic (exact) mass is 1100 g/mol. The molecule has 4 nitrogen and oxygen atoms in total. The summed E-state index contributed by atoms with van der Waals surface area (Å²) in [5.41, 5.74) is 16.6. The van der Waals surface area contributed by atoms with E-state index < -0.39 is 0 Å². The van der Waals surface area contributed by atoms with Crippen molar-refractivity contribution in [1.82, 2.24) is 0 Å². The van der Waals surface area contributed by atoms with Crippen LogP contribution >= 0.6 is 0 Å². The smallest absolute Gasteiger partial charge is 0.0979 e. The average Bonchev–Trinajstić information content (AvgIpc) is 0.847. The Morgan fingerprint density at radius 3 is 0.607 bits per heavy atom. The van der Waals surface area contributed by atoms with Gasteiger partial charge in [0.1, 0.15) is 0 Å². The zero-order valence-electron chi connectivity index (χ0n) is 52.4. The maximum absolute atomic E-state index is 6.07. The molecule has 0 unspecified atom stereocenters. The molecular weight excluding hydrogens is 1020 g/mol. The summed E-state index contributed by atoms with van der Waals surface area (Å²) in [6.07, 6.45) is 0. The van der Waals surface area contributed by atoms with Crippen molar-refractivity contribution in [2.75, 3.05) is 0 Å². The van der Waals surface area contributed by atoms with Crippen LogP contribution in [0.15, 0.2) is 178 Å². The molecule has 0 bridgehead atoms. The predicted molar refractivity (Wildman–Crippen MR) is 361 cm³/mol. The number of benzene rings is 12. The van der Waals surface area contributed by atoms with Crippen molar-refractivity contribution in [3.8, 4) is 11.1 Å². The molecule has 0 atom stereocenters. The van der Waals surface area contributed by atoms with E-state index in [1.54, 1.807) is 0 Å². The fraction of sp³-hybridized carbons (Fsp3) is 0.300. The van der Waals surface area contributed by atoms with Crippen molar-refractivity contribution < 1.29 is 0 Å². The van der Waals surface area contributed by atoms with Crippen LogP contribution < -0.4 is 21.4 Å². The molecule has 0 N–H and O–H groups in total. The van der Waals surface area contributed by atoms with Gasteiger partial charge in [0, 0.05) is 21.5 Å². The molecular formula is C80H82N4. The fourth-order valence-electron chi connectivity index (χ4n) is 13.5. The van der Waals surface area contributed by atoms with E-state index in [1.165, 1.54) is 98.7 Å². The third-order valence-corrected chi connectivity index (χ3v) is 18.0. The number of nitrogens with zero attached hydrogens (tertiary/aromatic N) is 4. The van der Waals surface area contributed by atoms with Gasteiger partial charge in [-0.25, -0.2) is 20.0 Å². The molecule has 0 fully saturated rings. The second kappa shape index (κ2) is 22.2. The molecule has 0 aliphatic carbocycles. The number of hydrogen-bond acceptors (Lipinski definition) is 4. The molecule has 0 aliphatic rings. The van der Waals surface area contributed by atoms with Gasteiger partial charge in [-0.3, -0.25) is 0 Å². The van der Waals surface area contributed by atoms with E-state index in [2.05, 4.69) is 269 Å². The Labute approximate surface area is 497 Å². The van der Waals surface area contributed by atoms with Gasteiger partial charge in [-0.2, -0.15) is 0 Å². The summed E-state index contributed by atoms with van der Waals surface area (Å²) in [5.74, 6) is 1.83. The SMILES string of the molecule is CC(C)c1cccc(C(C)C)c1N=c1c(=Nc2c(C(C)C)cc(-c3cc(C(C)C)c(N=c4c(=Nc5c(C(C)C)cccc5C(C)C)c5cccc6ccc7cccc4c7c65)c(C(C)C)c3)cc2C(C)C)c2cccc3ccc4cccc1c4c32. The van der Waals surface area contributed by atoms with Gasteiger partial charge in [-0.05, 0) is 170 Å². The molecule has 0 spiro atoms. The lowest BCUT2D eigenvalue weighted by atomic mass is 9.85. The van der Waals surface area contributed by atoms with Gasteiger partial charge >= 0.3 is 0 Å². The molecule has 12 aromatic rings. The first-order valence-corrected chi connectivity index (χ1v) is 31.2. The Morgan fingerprint density at radius 1 is 0.214 bits per heavy atom. The highest BCUT2D eigenvalue weighted by atomic mass is 14.8. The van der Waals surface area contributed by atoms with Crippen LogP contribution in [0, 0.1) is 0 Å². The number of para-hydroxylation sites is 2. The van der Waals surface area contributed by atoms with E-state index in [0.717, 1.165) is 65.7 Å². The van der Waals surface area contributed by atoms with Crippen LogP contribution in [0.1, 0.15) is 203 Å². The van der Waals surface area contributed by atoms with Gasteiger partial charge < -0.3 is 0 Å². The van der Waals surface area contributed by atoms with Crippen molar-refractivity contribution in [2.45, 2.75) is 158 Å². The number of hydrogen-bond donors (Lipinski definition) is 0. The molecule has 0 saturated heterocycles. The first-order chi connectivity index (χ1) is 40.3. The van der Waals surface area contributed by atoms with E-state index in [9.17, 15) is 0 Å². The molecule has 0 aliphatic heterocycles. The van der Waals surface area contributed by atoms with Crippen LogP contribution in [-0.4, -0.2) is 0 Å². The van der Waals surface area contributed by atoms with Gasteiger partial charge in [0.05, 0.1) is 44.2 Å². The Balaban J connectivity index is 1.16. The lowest BCUT2D eigenvalue weighted by Gasteiger charge is -2.22. The van der Waals surface area contributed by atoms with Crippen LogP contribution in [0.2, 0.25) is 0 Å². The van der Waals surface area contributed by atoms with E-state index in [1.807, 2.05) is 0 Å². The Hall–Kier alpha value is -8.08. The van der Waals surface area contributed by atoms with Gasteiger partial charge in [0.25, 0.3) is 0 Å². The van der Waals surface area contributed by atoms with Crippen LogP contribution in [0.5, 0.6) is 0 Å². The van der Waals surface area contributed by atoms with E-state index >= 15 is 0 Å². The van der Waals surface area contributed by atoms with E-state index in [4.69, 9.17) is 20.0 Å². The van der Waals surface area contributed by atoms with Crippen molar-refractivity contribution >= 4 is 87.4 Å². The largest absolute Gasteiger partial charge is 0.245 e. The summed E-state index contributed by atoms with van der Waals surface area (Å²) >= 11 is 0. The maximum Gasteiger partial charge on any atom is 0.0979 e. The minimum absolute atomic E-state index is 0.169. The standard InChI is InChI=1S/C80H82N4/c1-43(2)57-27-21-28-58(44(3)4)73(57)81-77-61-31-17-23-51-35-37-53-25-19-33-63(71(53)69(51)61)79(77)83-75-65(47(9)10)39-55(40-66(75)48(11)12)56-41-67(49(13)14)76(68(42-56)50(15)16)84-80-64-34-20-26-54-38-36-52-24-18-32-62(70(52)72(54)64)78(80)82-74-59(45(5)6)29-22-30-60(74)46(7)8/h17-50H,1-16H3. The minimum atomic E-state index is 0.169. The van der Waals surface area contributed by atoms with Gasteiger partial charge in [0.2, 0.25) is 0 Å². The zero-order valence-corrected chi connectivity index (χ0v) is 52.4. The van der Waals surface area contributed by atoms with Crippen LogP contribution in [-0.2, 0) is 0 Å². The van der Waals surface area contributed by atoms with Crippen LogP contribution in [0.25, 0.3) is 75.8 Å². The lowest BCUT2D eigenvalue weighted by Crippen LogP contribution is -2.28. The molecule has 422 valence electrons. The molecule has 4 heteroatoms. The third kappa shape index (κ3) is 9.64. The van der Waals surface area contributed by atoms with Crippen LogP contribution in [0.4, 0.5) is 22.7 Å². The molecule has 12 rings (SSSR count). The normalized spacial score (nSPS) is 13.7. The summed E-state index contributed by atoms with van der Waals surface area (Å²) in [6.45, 7) is 36.9. The van der Waals surface area contributed by atoms with Crippen molar-refractivity contribution in [3.05, 3.63) is 224 Å². The first-order valence-electron chi connectivity index (χ1n) is 31.2. The van der Waals surface area contributed by atoms with Crippen molar-refractivity contribution in [2.24, 2.45) is 20.0 Å². The quantitative estimate of drug-likeness (QED) is 0.103. The number of rotatable bonds is 13. The molecule has 12 aromatic carbocycles. The highest BCUT2D eigenvalue weighted by Gasteiger charge is 2.24. The summed E-state index contributed by atoms with van der Waals surface area (Å²) in [7, 11) is 0. The molecule has 84 heavy (non-hydrogen) atoms. The van der Waals surface area contributed by atoms with Gasteiger partial charge in [0.15, 0.2) is 0 Å². The molecule has 0 radical (unpaired) electrons. The minimum Gasteiger partial charge on any atom is -0.245 e. The summed E-state index contributed by atoms with van der Waals surface area (Å²) in [6, 6.07) is 59.3. The van der Waals surface area contributed by atoms with Gasteiger partial charge in [-0.15, -0.1) is 0 Å². The van der Waals surface area contributed by atoms with Crippen LogP contribution in [0.3, 0.4) is 0 Å². The summed E-state index contributed by atoms with van der Waals surface area (Å²) in [5, 5.41) is 18.1. The van der Waals surface area contributed by atoms with Crippen molar-refractivity contribution in [1.29, 1.82) is 0 Å². The average molecular weight is 1100 g/mol. The maximum atomic E-state index is 6.07. The molecule has 0 heterocycles. The van der Waals surface area contributed by atoms with Crippen molar-refractivity contribution in [3.63, 3.8) is 0 Å². The summed E-state index contributed by atoms with van der Waals surface area (Å²) < 4.78 is 0. The Kier molecular flexibility index (Phi) is 14.9. The Morgan fingerprint density at radius 2 is 0.405 bits per heavy atom. The second-order valence-electron chi connectivity index (χ2n) is 26.4. The first kappa shape index (κ1) is 56.4. The van der Waals surface area contributed by atoms with E-state index in [0.29, 0.717) is 0 Å². The Bertz CT molecular complexity index is 4380. The highest BCUT2D eigenvalue weighted by molar-refractivity contribution is 6.24. The molecule has 0 amide bonds. The molecule has 0 aromatic heterocycles. The van der Waals surface area contributed by atoms with Gasteiger partial charge in [-0.1, -0.05) is 244 Å². The second-order valence-corrected chi connectivity index (χ2v) is 26.4. The molecule has 0 saturated carbocycles. The fourth-order valence-corrected chi connectivity index (χ4v) is 13.5. The van der Waals surface area contributed by atoms with E-state index in [-0.39, 0.29) is 47.3 Å². The zero-order chi connectivity index (χ0) is 59.2. The summed E-state index contributed by atoms with van der Waals surface area (Å²) in [4.78, 5) is 24.0.